The van der Waals surface area contributed by atoms with E-state index in [1.807, 2.05) is 17.0 Å². The molecule has 150 valence electrons. The molecule has 1 aliphatic heterocycles. The van der Waals surface area contributed by atoms with Crippen LogP contribution in [-0.4, -0.2) is 41.1 Å². The fraction of sp³-hybridized carbons (Fsp3) is 0.316. The Hall–Kier alpha value is -1.54. The molecule has 0 radical (unpaired) electrons. The van der Waals surface area contributed by atoms with Crippen molar-refractivity contribution in [1.82, 2.24) is 9.80 Å². The summed E-state index contributed by atoms with van der Waals surface area (Å²) in [5.74, 6) is 0. The monoisotopic (exact) mass is 447 g/mol. The second-order valence-electron chi connectivity index (χ2n) is 6.52. The maximum atomic E-state index is 12.8. The number of hydrogen-bond acceptors (Lipinski definition) is 2. The number of benzene rings is 2. The minimum atomic E-state index is -4.38. The summed E-state index contributed by atoms with van der Waals surface area (Å²) in [5, 5.41) is 4.39. The van der Waals surface area contributed by atoms with Crippen molar-refractivity contribution < 1.29 is 13.2 Å². The Kier molecular flexibility index (Phi) is 6.70. The third-order valence-electron chi connectivity index (χ3n) is 4.49. The predicted octanol–water partition coefficient (Wildman–Crippen LogP) is 5.53. The van der Waals surface area contributed by atoms with Crippen molar-refractivity contribution in [2.24, 2.45) is 0 Å². The van der Waals surface area contributed by atoms with E-state index in [2.05, 4.69) is 10.2 Å². The number of hydrogen-bond donors (Lipinski definition) is 1. The van der Waals surface area contributed by atoms with E-state index in [0.717, 1.165) is 37.3 Å². The third kappa shape index (κ3) is 5.50. The van der Waals surface area contributed by atoms with Crippen LogP contribution in [0.4, 0.5) is 18.9 Å². The molecule has 0 amide bonds. The highest BCUT2D eigenvalue weighted by Crippen LogP contribution is 2.30. The number of piperazine rings is 1. The third-order valence-corrected chi connectivity index (χ3v) is 5.59. The fourth-order valence-electron chi connectivity index (χ4n) is 2.98. The van der Waals surface area contributed by atoms with E-state index in [0.29, 0.717) is 33.9 Å². The van der Waals surface area contributed by atoms with Gasteiger partial charge in [-0.3, -0.25) is 4.90 Å². The molecule has 3 rings (SSSR count). The van der Waals surface area contributed by atoms with Gasteiger partial charge in [-0.25, -0.2) is 0 Å². The van der Waals surface area contributed by atoms with E-state index >= 15 is 0 Å². The van der Waals surface area contributed by atoms with Crippen LogP contribution in [0.1, 0.15) is 11.1 Å². The zero-order chi connectivity index (χ0) is 20.3. The van der Waals surface area contributed by atoms with E-state index in [9.17, 15) is 13.2 Å². The van der Waals surface area contributed by atoms with E-state index < -0.39 is 11.7 Å². The molecule has 0 unspecified atom stereocenters. The number of halogens is 5. The number of nitrogens with one attached hydrogen (secondary N) is 1. The van der Waals surface area contributed by atoms with Crippen molar-refractivity contribution in [2.45, 2.75) is 12.7 Å². The molecule has 0 aromatic heterocycles. The number of thiocarbonyl (C=S) groups is 1. The molecular formula is C19H18Cl2F3N3S. The SMILES string of the molecule is FC(F)(F)c1cccc(NC(=S)N2CCN(Cc3ccc(Cl)c(Cl)c3)CC2)c1. The molecule has 0 saturated carbocycles. The van der Waals surface area contributed by atoms with Gasteiger partial charge >= 0.3 is 6.18 Å². The molecule has 0 atom stereocenters. The highest BCUT2D eigenvalue weighted by Gasteiger charge is 2.30. The number of anilines is 1. The minimum absolute atomic E-state index is 0.332. The quantitative estimate of drug-likeness (QED) is 0.623. The second-order valence-corrected chi connectivity index (χ2v) is 7.72. The van der Waals surface area contributed by atoms with Gasteiger partial charge in [0.25, 0.3) is 0 Å². The molecule has 1 N–H and O–H groups in total. The van der Waals surface area contributed by atoms with Gasteiger partial charge in [0, 0.05) is 38.4 Å². The van der Waals surface area contributed by atoms with Crippen molar-refractivity contribution in [2.75, 3.05) is 31.5 Å². The van der Waals surface area contributed by atoms with Crippen LogP contribution in [0.2, 0.25) is 10.0 Å². The van der Waals surface area contributed by atoms with Gasteiger partial charge in [-0.2, -0.15) is 13.2 Å². The van der Waals surface area contributed by atoms with Crippen LogP contribution in [0.15, 0.2) is 42.5 Å². The molecule has 0 bridgehead atoms. The summed E-state index contributed by atoms with van der Waals surface area (Å²) in [6.45, 7) is 3.69. The maximum absolute atomic E-state index is 12.8. The Labute approximate surface area is 177 Å². The lowest BCUT2D eigenvalue weighted by molar-refractivity contribution is -0.137. The van der Waals surface area contributed by atoms with Gasteiger partial charge in [-0.15, -0.1) is 0 Å². The van der Waals surface area contributed by atoms with Crippen LogP contribution in [0.5, 0.6) is 0 Å². The van der Waals surface area contributed by atoms with Crippen LogP contribution in [0, 0.1) is 0 Å². The highest BCUT2D eigenvalue weighted by molar-refractivity contribution is 7.80. The largest absolute Gasteiger partial charge is 0.416 e. The first-order valence-corrected chi connectivity index (χ1v) is 9.78. The summed E-state index contributed by atoms with van der Waals surface area (Å²) in [6, 6.07) is 10.6. The van der Waals surface area contributed by atoms with Crippen LogP contribution in [0.25, 0.3) is 0 Å². The standard InChI is InChI=1S/C19H18Cl2F3N3S/c20-16-5-4-13(10-17(16)21)12-26-6-8-27(9-7-26)18(28)25-15-3-1-2-14(11-15)19(22,23)24/h1-5,10-11H,6-9,12H2,(H,25,28). The van der Waals surface area contributed by atoms with Crippen LogP contribution in [-0.2, 0) is 12.7 Å². The first-order valence-electron chi connectivity index (χ1n) is 8.62. The lowest BCUT2D eigenvalue weighted by Crippen LogP contribution is -2.49. The Morgan fingerprint density at radius 1 is 1.00 bits per heavy atom. The summed E-state index contributed by atoms with van der Waals surface area (Å²) in [6.07, 6.45) is -4.38. The van der Waals surface area contributed by atoms with E-state index in [-0.39, 0.29) is 0 Å². The van der Waals surface area contributed by atoms with Crippen molar-refractivity contribution >= 4 is 46.2 Å². The number of nitrogens with zero attached hydrogens (tertiary/aromatic N) is 2. The van der Waals surface area contributed by atoms with Crippen LogP contribution >= 0.6 is 35.4 Å². The van der Waals surface area contributed by atoms with Gasteiger partial charge in [-0.1, -0.05) is 35.3 Å². The Bertz CT molecular complexity index is 853. The molecule has 0 spiro atoms. The molecule has 28 heavy (non-hydrogen) atoms. The zero-order valence-electron chi connectivity index (χ0n) is 14.8. The summed E-state index contributed by atoms with van der Waals surface area (Å²) in [7, 11) is 0. The van der Waals surface area contributed by atoms with Gasteiger partial charge in [0.1, 0.15) is 0 Å². The molecule has 0 aliphatic carbocycles. The molecule has 2 aromatic rings. The van der Waals surface area contributed by atoms with Crippen molar-refractivity contribution in [3.05, 3.63) is 63.6 Å². The minimum Gasteiger partial charge on any atom is -0.346 e. The molecule has 1 aliphatic rings. The lowest BCUT2D eigenvalue weighted by atomic mass is 10.2. The Balaban J connectivity index is 1.53. The first-order chi connectivity index (χ1) is 13.2. The second kappa shape index (κ2) is 8.86. The van der Waals surface area contributed by atoms with Crippen molar-refractivity contribution in [3.8, 4) is 0 Å². The number of rotatable bonds is 3. The molecular weight excluding hydrogens is 430 g/mol. The maximum Gasteiger partial charge on any atom is 0.416 e. The summed E-state index contributed by atoms with van der Waals surface area (Å²) >= 11 is 17.4. The summed E-state index contributed by atoms with van der Waals surface area (Å²) in [5.41, 5.74) is 0.706. The van der Waals surface area contributed by atoms with Gasteiger partial charge < -0.3 is 10.2 Å². The Morgan fingerprint density at radius 3 is 2.36 bits per heavy atom. The van der Waals surface area contributed by atoms with E-state index in [4.69, 9.17) is 35.4 Å². The van der Waals surface area contributed by atoms with E-state index in [1.165, 1.54) is 6.07 Å². The van der Waals surface area contributed by atoms with Gasteiger partial charge in [-0.05, 0) is 48.1 Å². The van der Waals surface area contributed by atoms with Crippen LogP contribution in [0.3, 0.4) is 0 Å². The fourth-order valence-corrected chi connectivity index (χ4v) is 3.60. The normalized spacial score (nSPS) is 15.5. The zero-order valence-corrected chi connectivity index (χ0v) is 17.1. The Morgan fingerprint density at radius 2 is 1.71 bits per heavy atom. The molecule has 2 aromatic carbocycles. The smallest absolute Gasteiger partial charge is 0.346 e. The van der Waals surface area contributed by atoms with Crippen LogP contribution < -0.4 is 5.32 Å². The predicted molar refractivity (Wildman–Crippen MR) is 111 cm³/mol. The van der Waals surface area contributed by atoms with Crippen molar-refractivity contribution in [3.63, 3.8) is 0 Å². The summed E-state index contributed by atoms with van der Waals surface area (Å²) in [4.78, 5) is 4.23. The summed E-state index contributed by atoms with van der Waals surface area (Å²) < 4.78 is 38.5. The van der Waals surface area contributed by atoms with Gasteiger partial charge in [0.15, 0.2) is 5.11 Å². The molecule has 1 heterocycles. The van der Waals surface area contributed by atoms with Gasteiger partial charge in [0.05, 0.1) is 15.6 Å². The molecule has 9 heteroatoms. The topological polar surface area (TPSA) is 18.5 Å². The van der Waals surface area contributed by atoms with E-state index in [1.54, 1.807) is 12.1 Å². The number of alkyl halides is 3. The lowest BCUT2D eigenvalue weighted by Gasteiger charge is -2.36. The molecule has 1 saturated heterocycles. The molecule has 1 fully saturated rings. The average Bonchev–Trinajstić information content (AvgIpc) is 2.65. The van der Waals surface area contributed by atoms with Gasteiger partial charge in [0.2, 0.25) is 0 Å². The highest BCUT2D eigenvalue weighted by atomic mass is 35.5. The average molecular weight is 448 g/mol. The first kappa shape index (κ1) is 21.2. The van der Waals surface area contributed by atoms with Crippen molar-refractivity contribution in [1.29, 1.82) is 0 Å². The molecule has 3 nitrogen and oxygen atoms in total.